The Morgan fingerprint density at radius 2 is 1.69 bits per heavy atom. The maximum absolute atomic E-state index is 13.5. The number of hydrogen-bond acceptors (Lipinski definition) is 8. The highest BCUT2D eigenvalue weighted by Crippen LogP contribution is 2.59. The lowest BCUT2D eigenvalue weighted by Crippen LogP contribution is -2.32. The molecule has 17 heteroatoms. The Bertz CT molecular complexity index is 1650. The van der Waals surface area contributed by atoms with Crippen molar-refractivity contribution in [2.45, 2.75) is 66.0 Å². The van der Waals surface area contributed by atoms with Gasteiger partial charge >= 0.3 is 13.3 Å². The van der Waals surface area contributed by atoms with Gasteiger partial charge in [-0.15, -0.1) is 11.3 Å². The Kier molecular flexibility index (Phi) is 24.2. The molecule has 2 fully saturated rings. The number of nitrogens with two attached hydrogens (primary N) is 1. The standard InChI is InChI=1S/C10H8F2NO4PS.C10H18N2O2.C7H8O.C6H8N2O.2C2H6/c11-10(12,18(15,16)17)6-1-2-7-5(3-6)4-8(19-7)9(13)14;1-2-11(9-13)8-5-10(14)12-6-3-4-7-12;1-8-7-5-3-2-4-6-7;7-3-6-1-2-8(4-6)5-9;2*1-2/h1-4H,(H2,13,14)(H2,15,16,17);9H,2-8H2,1H3;2-6H,1H3;5-6H,1-2,4H2;2*1-2H3. The van der Waals surface area contributed by atoms with E-state index in [-0.39, 0.29) is 22.1 Å². The first-order valence-corrected chi connectivity index (χ1v) is 20.1. The zero-order chi connectivity index (χ0) is 41.3. The number of carbonyl (C=O) groups excluding carboxylic acids is 4. The average Bonchev–Trinajstić information content (AvgIpc) is 3.99. The van der Waals surface area contributed by atoms with Crippen molar-refractivity contribution in [2.75, 3.05) is 46.4 Å². The third-order valence-corrected chi connectivity index (χ3v) is 9.75. The Labute approximate surface area is 320 Å². The number of ether oxygens (including phenoxy) is 1. The van der Waals surface area contributed by atoms with Crippen molar-refractivity contribution in [3.63, 3.8) is 0 Å². The van der Waals surface area contributed by atoms with Gasteiger partial charge in [0.2, 0.25) is 18.7 Å². The van der Waals surface area contributed by atoms with Crippen molar-refractivity contribution in [3.05, 3.63) is 65.0 Å². The molecule has 13 nitrogen and oxygen atoms in total. The number of fused-ring (bicyclic) bond motifs is 1. The second kappa shape index (κ2) is 26.4. The summed E-state index contributed by atoms with van der Waals surface area (Å²) in [5.74, 6) is 0.481. The normalized spacial score (nSPS) is 14.4. The molecule has 3 heterocycles. The zero-order valence-electron chi connectivity index (χ0n) is 31.8. The molecule has 2 aliphatic heterocycles. The van der Waals surface area contributed by atoms with Gasteiger partial charge in [0.25, 0.3) is 5.91 Å². The molecule has 2 aliphatic rings. The highest BCUT2D eigenvalue weighted by molar-refractivity contribution is 7.52. The molecule has 4 N–H and O–H groups in total. The number of benzene rings is 2. The van der Waals surface area contributed by atoms with Crippen molar-refractivity contribution in [3.8, 4) is 11.8 Å². The van der Waals surface area contributed by atoms with Crippen LogP contribution in [0.2, 0.25) is 0 Å². The number of para-hydroxylation sites is 1. The molecule has 0 aliphatic carbocycles. The molecular formula is C37H54F2N5O8PS. The second-order valence-corrected chi connectivity index (χ2v) is 13.9. The Hall–Kier alpha value is -4.42. The number of carbonyl (C=O) groups is 4. The van der Waals surface area contributed by atoms with Crippen LogP contribution in [0, 0.1) is 17.2 Å². The first-order chi connectivity index (χ1) is 25.7. The Morgan fingerprint density at radius 1 is 1.07 bits per heavy atom. The largest absolute Gasteiger partial charge is 0.497 e. The molecule has 0 radical (unpaired) electrons. The number of nitriles is 1. The van der Waals surface area contributed by atoms with Crippen molar-refractivity contribution in [2.24, 2.45) is 11.7 Å². The van der Waals surface area contributed by atoms with E-state index in [9.17, 15) is 32.5 Å². The maximum Gasteiger partial charge on any atom is 0.399 e. The first kappa shape index (κ1) is 49.6. The van der Waals surface area contributed by atoms with Crippen LogP contribution in [0.15, 0.2) is 54.6 Å². The van der Waals surface area contributed by atoms with Crippen LogP contribution in [0.4, 0.5) is 8.78 Å². The van der Waals surface area contributed by atoms with Gasteiger partial charge in [0.05, 0.1) is 24.0 Å². The van der Waals surface area contributed by atoms with Gasteiger partial charge in [-0.1, -0.05) is 52.0 Å². The summed E-state index contributed by atoms with van der Waals surface area (Å²) in [7, 11) is -3.94. The molecule has 0 saturated carbocycles. The van der Waals surface area contributed by atoms with E-state index in [1.54, 1.807) is 16.9 Å². The fourth-order valence-corrected chi connectivity index (χ4v) is 6.08. The van der Waals surface area contributed by atoms with Crippen LogP contribution in [-0.4, -0.2) is 95.5 Å². The van der Waals surface area contributed by atoms with Crippen LogP contribution in [0.5, 0.6) is 5.75 Å². The van der Waals surface area contributed by atoms with Crippen LogP contribution in [0.3, 0.4) is 0 Å². The molecule has 1 unspecified atom stereocenters. The lowest BCUT2D eigenvalue weighted by molar-refractivity contribution is -0.130. The fraction of sp³-hybridized carbons (Fsp3) is 0.486. The van der Waals surface area contributed by atoms with Crippen molar-refractivity contribution in [1.82, 2.24) is 14.7 Å². The van der Waals surface area contributed by atoms with Crippen molar-refractivity contribution < 1.29 is 47.0 Å². The van der Waals surface area contributed by atoms with E-state index < -0.39 is 24.7 Å². The molecular weight excluding hydrogens is 743 g/mol. The van der Waals surface area contributed by atoms with E-state index in [1.165, 1.54) is 12.1 Å². The third kappa shape index (κ3) is 16.7. The Balaban J connectivity index is 0.000000707. The summed E-state index contributed by atoms with van der Waals surface area (Å²) in [6.07, 6.45) is 5.16. The summed E-state index contributed by atoms with van der Waals surface area (Å²) >= 11 is 1.02. The number of amides is 4. The molecule has 0 bridgehead atoms. The van der Waals surface area contributed by atoms with Gasteiger partial charge in [-0.2, -0.15) is 14.0 Å². The number of halogens is 2. The molecule has 5 rings (SSSR count). The predicted octanol–water partition coefficient (Wildman–Crippen LogP) is 6.44. The smallest absolute Gasteiger partial charge is 0.399 e. The van der Waals surface area contributed by atoms with Gasteiger partial charge < -0.3 is 35.0 Å². The summed E-state index contributed by atoms with van der Waals surface area (Å²) in [5.41, 5.74) is -0.00188. The monoisotopic (exact) mass is 797 g/mol. The van der Waals surface area contributed by atoms with Crippen molar-refractivity contribution in [1.29, 1.82) is 5.26 Å². The summed E-state index contributed by atoms with van der Waals surface area (Å²) in [4.78, 5) is 65.7. The lowest BCUT2D eigenvalue weighted by atomic mass is 10.1. The summed E-state index contributed by atoms with van der Waals surface area (Å²) < 4.78 is 43.2. The van der Waals surface area contributed by atoms with E-state index in [0.29, 0.717) is 30.8 Å². The lowest BCUT2D eigenvalue weighted by Gasteiger charge is -2.18. The van der Waals surface area contributed by atoms with E-state index in [0.717, 1.165) is 80.9 Å². The van der Waals surface area contributed by atoms with Gasteiger partial charge in [-0.3, -0.25) is 23.7 Å². The van der Waals surface area contributed by atoms with Gasteiger partial charge in [-0.05, 0) is 61.9 Å². The minimum Gasteiger partial charge on any atom is -0.497 e. The summed E-state index contributed by atoms with van der Waals surface area (Å²) in [5, 5.41) is 8.67. The van der Waals surface area contributed by atoms with Gasteiger partial charge in [0, 0.05) is 56.0 Å². The number of methoxy groups -OCH3 is 1. The van der Waals surface area contributed by atoms with E-state index in [1.807, 2.05) is 69.9 Å². The highest BCUT2D eigenvalue weighted by atomic mass is 32.1. The average molecular weight is 798 g/mol. The minimum absolute atomic E-state index is 0.0789. The number of nitrogens with zero attached hydrogens (tertiary/aromatic N) is 4. The molecule has 4 amide bonds. The van der Waals surface area contributed by atoms with Crippen LogP contribution in [0.1, 0.15) is 75.5 Å². The van der Waals surface area contributed by atoms with E-state index in [2.05, 4.69) is 6.07 Å². The number of likely N-dealkylation sites (tertiary alicyclic amines) is 2. The van der Waals surface area contributed by atoms with E-state index >= 15 is 0 Å². The number of alkyl halides is 2. The van der Waals surface area contributed by atoms with Crippen LogP contribution < -0.4 is 10.5 Å². The van der Waals surface area contributed by atoms with Gasteiger partial charge in [0.1, 0.15) is 5.75 Å². The topological polar surface area (TPSA) is 195 Å². The number of primary amides is 1. The molecule has 2 aromatic carbocycles. The molecule has 54 heavy (non-hydrogen) atoms. The molecule has 0 spiro atoms. The van der Waals surface area contributed by atoms with Crippen molar-refractivity contribution >= 4 is 53.7 Å². The zero-order valence-corrected chi connectivity index (χ0v) is 33.5. The quantitative estimate of drug-likeness (QED) is 0.153. The molecule has 1 atom stereocenters. The molecule has 1 aromatic heterocycles. The van der Waals surface area contributed by atoms with Crippen LogP contribution >= 0.6 is 18.9 Å². The number of rotatable bonds is 10. The van der Waals surface area contributed by atoms with Gasteiger partial charge in [0.15, 0.2) is 0 Å². The Morgan fingerprint density at radius 3 is 2.11 bits per heavy atom. The second-order valence-electron chi connectivity index (χ2n) is 11.1. The molecule has 3 aromatic rings. The first-order valence-electron chi connectivity index (χ1n) is 17.6. The predicted molar refractivity (Wildman–Crippen MR) is 207 cm³/mol. The van der Waals surface area contributed by atoms with Crippen LogP contribution in [-0.2, 0) is 24.6 Å². The fourth-order valence-electron chi connectivity index (χ4n) is 4.71. The van der Waals surface area contributed by atoms with E-state index in [4.69, 9.17) is 25.5 Å². The summed E-state index contributed by atoms with van der Waals surface area (Å²) in [6.45, 7) is 14.3. The third-order valence-electron chi connectivity index (χ3n) is 7.63. The molecule has 2 saturated heterocycles. The number of hydrogen-bond donors (Lipinski definition) is 3. The van der Waals surface area contributed by atoms with Gasteiger partial charge in [-0.25, -0.2) is 0 Å². The minimum atomic E-state index is -5.60. The molecule has 300 valence electrons. The number of thiophene rings is 1. The maximum atomic E-state index is 13.5. The van der Waals surface area contributed by atoms with Crippen LogP contribution in [0.25, 0.3) is 10.1 Å². The summed E-state index contributed by atoms with van der Waals surface area (Å²) in [6, 6.07) is 16.2. The highest BCUT2D eigenvalue weighted by Gasteiger charge is 2.50. The SMILES string of the molecule is CC.CC.CCN(C=O)CCC(=O)N1CCCC1.COc1ccccc1.N#CC1CCN(C=O)C1.NC(=O)c1cc2cc(C(F)(F)P(=O)(O)O)ccc2s1.